The van der Waals surface area contributed by atoms with Crippen LogP contribution in [0, 0.1) is 0 Å². The van der Waals surface area contributed by atoms with Crippen molar-refractivity contribution in [1.82, 2.24) is 15.1 Å². The summed E-state index contributed by atoms with van der Waals surface area (Å²) >= 11 is 12.3. The van der Waals surface area contributed by atoms with Gasteiger partial charge in [-0.05, 0) is 24.1 Å². The smallest absolute Gasteiger partial charge is 0.193 e. The molecule has 0 aromatic heterocycles. The van der Waals surface area contributed by atoms with Gasteiger partial charge in [-0.2, -0.15) is 0 Å². The summed E-state index contributed by atoms with van der Waals surface area (Å²) in [5, 5.41) is 4.75. The Morgan fingerprint density at radius 1 is 1.21 bits per heavy atom. The Labute approximate surface area is 195 Å². The third kappa shape index (κ3) is 5.88. The van der Waals surface area contributed by atoms with Gasteiger partial charge in [0.2, 0.25) is 0 Å². The van der Waals surface area contributed by atoms with Crippen molar-refractivity contribution in [2.24, 2.45) is 4.99 Å². The molecule has 2 aliphatic heterocycles. The number of hydrogen-bond donors (Lipinski definition) is 1. The van der Waals surface area contributed by atoms with Crippen LogP contribution in [0.1, 0.15) is 25.8 Å². The van der Waals surface area contributed by atoms with Gasteiger partial charge in [-0.25, -0.2) is 0 Å². The monoisotopic (exact) mass is 540 g/mol. The summed E-state index contributed by atoms with van der Waals surface area (Å²) in [6.07, 6.45) is 1.18. The molecule has 2 saturated heterocycles. The van der Waals surface area contributed by atoms with Crippen LogP contribution in [0.4, 0.5) is 0 Å². The van der Waals surface area contributed by atoms with Crippen LogP contribution in [0.25, 0.3) is 0 Å². The van der Waals surface area contributed by atoms with Crippen molar-refractivity contribution in [3.63, 3.8) is 0 Å². The summed E-state index contributed by atoms with van der Waals surface area (Å²) in [7, 11) is 1.86. The summed E-state index contributed by atoms with van der Waals surface area (Å²) < 4.78 is 5.48. The van der Waals surface area contributed by atoms with Gasteiger partial charge in [-0.15, -0.1) is 24.0 Å². The van der Waals surface area contributed by atoms with Gasteiger partial charge in [0.05, 0.1) is 23.3 Å². The maximum absolute atomic E-state index is 6.21. The topological polar surface area (TPSA) is 40.1 Å². The SMILES string of the molecule is CN=C(NCC(C)(C)c1ccc(Cl)c(Cl)c1)N1CCC(N2CCOCC2)C1.I. The zero-order valence-electron chi connectivity index (χ0n) is 16.9. The normalized spacial score (nSPS) is 21.5. The summed E-state index contributed by atoms with van der Waals surface area (Å²) in [6.45, 7) is 11.0. The van der Waals surface area contributed by atoms with Gasteiger partial charge in [-0.3, -0.25) is 9.89 Å². The second-order valence-corrected chi connectivity index (χ2v) is 8.76. The summed E-state index contributed by atoms with van der Waals surface area (Å²) in [5.74, 6) is 0.971. The first-order valence-corrected chi connectivity index (χ1v) is 10.4. The van der Waals surface area contributed by atoms with Gasteiger partial charge < -0.3 is 15.0 Å². The molecule has 2 aliphatic rings. The molecule has 0 bridgehead atoms. The second kappa shape index (κ2) is 10.7. The first-order valence-electron chi connectivity index (χ1n) is 9.63. The molecule has 28 heavy (non-hydrogen) atoms. The molecule has 0 radical (unpaired) electrons. The minimum absolute atomic E-state index is 0. The quantitative estimate of drug-likeness (QED) is 0.357. The number of hydrogen-bond acceptors (Lipinski definition) is 3. The van der Waals surface area contributed by atoms with E-state index in [4.69, 9.17) is 27.9 Å². The number of halogens is 3. The fourth-order valence-electron chi connectivity index (χ4n) is 3.83. The first kappa shape index (κ1) is 24.0. The van der Waals surface area contributed by atoms with E-state index in [2.05, 4.69) is 34.0 Å². The third-order valence-electron chi connectivity index (χ3n) is 5.63. The van der Waals surface area contributed by atoms with Gasteiger partial charge >= 0.3 is 0 Å². The van der Waals surface area contributed by atoms with Crippen LogP contribution in [0.3, 0.4) is 0 Å². The molecule has 0 aliphatic carbocycles. The van der Waals surface area contributed by atoms with Crippen LogP contribution in [0.15, 0.2) is 23.2 Å². The Kier molecular flexibility index (Phi) is 9.13. The maximum atomic E-state index is 6.21. The number of ether oxygens (including phenoxy) is 1. The number of likely N-dealkylation sites (tertiary alicyclic amines) is 1. The standard InChI is InChI=1S/C20H30Cl2N4O.HI/c1-20(2,15-4-5-17(21)18(22)12-15)14-24-19(23-3)26-7-6-16(13-26)25-8-10-27-11-9-25;/h4-5,12,16H,6-11,13-14H2,1-3H3,(H,23,24);1H. The Balaban J connectivity index is 0.00000280. The molecule has 1 atom stereocenters. The lowest BCUT2D eigenvalue weighted by Crippen LogP contribution is -2.48. The van der Waals surface area contributed by atoms with E-state index >= 15 is 0 Å². The predicted molar refractivity (Wildman–Crippen MR) is 129 cm³/mol. The van der Waals surface area contributed by atoms with E-state index in [0.717, 1.165) is 57.5 Å². The minimum Gasteiger partial charge on any atom is -0.379 e. The van der Waals surface area contributed by atoms with Crippen molar-refractivity contribution in [3.05, 3.63) is 33.8 Å². The first-order chi connectivity index (χ1) is 12.9. The van der Waals surface area contributed by atoms with Crippen molar-refractivity contribution in [2.45, 2.75) is 31.7 Å². The lowest BCUT2D eigenvalue weighted by molar-refractivity contribution is 0.0195. The third-order valence-corrected chi connectivity index (χ3v) is 6.37. The van der Waals surface area contributed by atoms with E-state index in [9.17, 15) is 0 Å². The van der Waals surface area contributed by atoms with E-state index in [1.807, 2.05) is 25.2 Å². The van der Waals surface area contributed by atoms with E-state index in [1.54, 1.807) is 0 Å². The van der Waals surface area contributed by atoms with Crippen LogP contribution < -0.4 is 5.32 Å². The van der Waals surface area contributed by atoms with E-state index in [1.165, 1.54) is 6.42 Å². The van der Waals surface area contributed by atoms with Gasteiger partial charge in [0.1, 0.15) is 0 Å². The zero-order valence-corrected chi connectivity index (χ0v) is 20.7. The molecule has 0 saturated carbocycles. The lowest BCUT2D eigenvalue weighted by Gasteiger charge is -2.33. The fraction of sp³-hybridized carbons (Fsp3) is 0.650. The number of nitrogens with zero attached hydrogens (tertiary/aromatic N) is 3. The van der Waals surface area contributed by atoms with Gasteiger partial charge in [0.25, 0.3) is 0 Å². The molecular formula is C20H31Cl2IN4O. The van der Waals surface area contributed by atoms with E-state index in [-0.39, 0.29) is 29.4 Å². The number of aliphatic imine (C=N–C) groups is 1. The van der Waals surface area contributed by atoms with Crippen molar-refractivity contribution in [2.75, 3.05) is 53.0 Å². The Morgan fingerprint density at radius 2 is 1.93 bits per heavy atom. The molecule has 2 heterocycles. The molecule has 158 valence electrons. The Hall–Kier alpha value is -0.280. The van der Waals surface area contributed by atoms with E-state index in [0.29, 0.717) is 16.1 Å². The van der Waals surface area contributed by atoms with Gasteiger partial charge in [0.15, 0.2) is 5.96 Å². The van der Waals surface area contributed by atoms with Crippen molar-refractivity contribution < 1.29 is 4.74 Å². The average molecular weight is 541 g/mol. The number of morpholine rings is 1. The highest BCUT2D eigenvalue weighted by Crippen LogP contribution is 2.29. The molecular weight excluding hydrogens is 510 g/mol. The van der Waals surface area contributed by atoms with Crippen molar-refractivity contribution in [1.29, 1.82) is 0 Å². The molecule has 8 heteroatoms. The van der Waals surface area contributed by atoms with Crippen LogP contribution in [0.2, 0.25) is 10.0 Å². The van der Waals surface area contributed by atoms with Crippen LogP contribution in [-0.4, -0.2) is 74.8 Å². The Bertz CT molecular complexity index is 680. The highest BCUT2D eigenvalue weighted by molar-refractivity contribution is 14.0. The van der Waals surface area contributed by atoms with Crippen LogP contribution in [-0.2, 0) is 10.2 Å². The average Bonchev–Trinajstić information content (AvgIpc) is 3.15. The largest absolute Gasteiger partial charge is 0.379 e. The molecule has 0 spiro atoms. The van der Waals surface area contributed by atoms with Crippen LogP contribution in [0.5, 0.6) is 0 Å². The molecule has 1 aromatic rings. The molecule has 1 aromatic carbocycles. The fourth-order valence-corrected chi connectivity index (χ4v) is 4.12. The number of rotatable bonds is 4. The number of guanidine groups is 1. The summed E-state index contributed by atoms with van der Waals surface area (Å²) in [4.78, 5) is 9.44. The molecule has 0 amide bonds. The molecule has 1 unspecified atom stereocenters. The van der Waals surface area contributed by atoms with Gasteiger partial charge in [-0.1, -0.05) is 43.1 Å². The highest BCUT2D eigenvalue weighted by Gasteiger charge is 2.31. The number of nitrogens with one attached hydrogen (secondary N) is 1. The summed E-state index contributed by atoms with van der Waals surface area (Å²) in [6, 6.07) is 6.46. The summed E-state index contributed by atoms with van der Waals surface area (Å²) in [5.41, 5.74) is 1.07. The van der Waals surface area contributed by atoms with Crippen molar-refractivity contribution in [3.8, 4) is 0 Å². The minimum atomic E-state index is -0.0898. The molecule has 2 fully saturated rings. The number of benzene rings is 1. The molecule has 5 nitrogen and oxygen atoms in total. The Morgan fingerprint density at radius 3 is 2.57 bits per heavy atom. The lowest BCUT2D eigenvalue weighted by atomic mass is 9.84. The maximum Gasteiger partial charge on any atom is 0.193 e. The van der Waals surface area contributed by atoms with Crippen LogP contribution >= 0.6 is 47.2 Å². The van der Waals surface area contributed by atoms with Gasteiger partial charge in [0, 0.05) is 51.2 Å². The molecule has 3 rings (SSSR count). The highest BCUT2D eigenvalue weighted by atomic mass is 127. The molecule has 1 N–H and O–H groups in total. The zero-order chi connectivity index (χ0) is 19.4. The van der Waals surface area contributed by atoms with Crippen molar-refractivity contribution >= 4 is 53.1 Å². The van der Waals surface area contributed by atoms with E-state index < -0.39 is 0 Å². The second-order valence-electron chi connectivity index (χ2n) is 7.95. The predicted octanol–water partition coefficient (Wildman–Crippen LogP) is 3.87.